The molecule has 23 heavy (non-hydrogen) atoms. The van der Waals surface area contributed by atoms with Crippen molar-refractivity contribution in [3.63, 3.8) is 0 Å². The lowest BCUT2D eigenvalue weighted by Gasteiger charge is -2.30. The maximum absolute atomic E-state index is 11.5. The average Bonchev–Trinajstić information content (AvgIpc) is 2.87. The van der Waals surface area contributed by atoms with Gasteiger partial charge in [0.25, 0.3) is 0 Å². The van der Waals surface area contributed by atoms with Gasteiger partial charge in [0.2, 0.25) is 5.79 Å². The van der Waals surface area contributed by atoms with E-state index in [-0.39, 0.29) is 13.2 Å². The lowest BCUT2D eigenvalue weighted by molar-refractivity contribution is -0.271. The van der Waals surface area contributed by atoms with Gasteiger partial charge < -0.3 is 23.7 Å². The highest BCUT2D eigenvalue weighted by molar-refractivity contribution is 5.67. The summed E-state index contributed by atoms with van der Waals surface area (Å²) < 4.78 is 27.6. The molecule has 2 aliphatic heterocycles. The molecule has 0 aliphatic carbocycles. The summed E-state index contributed by atoms with van der Waals surface area (Å²) in [6.07, 6.45) is -2.83. The van der Waals surface area contributed by atoms with E-state index >= 15 is 0 Å². The third kappa shape index (κ3) is 3.73. The van der Waals surface area contributed by atoms with Gasteiger partial charge >= 0.3 is 11.9 Å². The highest BCUT2D eigenvalue weighted by Crippen LogP contribution is 2.44. The second-order valence-electron chi connectivity index (χ2n) is 5.78. The van der Waals surface area contributed by atoms with Crippen molar-refractivity contribution in [3.8, 4) is 0 Å². The van der Waals surface area contributed by atoms with Crippen LogP contribution in [-0.2, 0) is 33.3 Å². The number of rotatable bonds is 4. The first-order chi connectivity index (χ1) is 10.7. The minimum atomic E-state index is -1.43. The van der Waals surface area contributed by atoms with E-state index in [1.54, 1.807) is 13.8 Å². The van der Waals surface area contributed by atoms with Gasteiger partial charge in [0.05, 0.1) is 6.54 Å². The van der Waals surface area contributed by atoms with Gasteiger partial charge in [0.15, 0.2) is 18.0 Å². The summed E-state index contributed by atoms with van der Waals surface area (Å²) in [5.41, 5.74) is 8.50. The fourth-order valence-corrected chi connectivity index (χ4v) is 2.71. The Labute approximate surface area is 132 Å². The zero-order chi connectivity index (χ0) is 17.3. The predicted molar refractivity (Wildman–Crippen MR) is 73.8 cm³/mol. The Kier molecular flexibility index (Phi) is 4.81. The first-order valence-electron chi connectivity index (χ1n) is 7.06. The molecule has 2 saturated heterocycles. The van der Waals surface area contributed by atoms with Gasteiger partial charge in [0, 0.05) is 18.8 Å². The molecule has 0 aromatic carbocycles. The highest BCUT2D eigenvalue weighted by atomic mass is 16.9. The fraction of sp³-hybridized carbons (Fsp3) is 0.846. The van der Waals surface area contributed by atoms with Crippen molar-refractivity contribution in [2.45, 2.75) is 57.6 Å². The molecule has 1 spiro atoms. The number of nitrogens with zero attached hydrogens (tertiary/aromatic N) is 3. The van der Waals surface area contributed by atoms with Gasteiger partial charge in [-0.25, -0.2) is 0 Å². The van der Waals surface area contributed by atoms with Crippen molar-refractivity contribution in [3.05, 3.63) is 10.4 Å². The van der Waals surface area contributed by atoms with E-state index in [0.29, 0.717) is 0 Å². The van der Waals surface area contributed by atoms with Crippen LogP contribution in [0.5, 0.6) is 0 Å². The zero-order valence-corrected chi connectivity index (χ0v) is 13.3. The van der Waals surface area contributed by atoms with Crippen LogP contribution in [0.1, 0.15) is 27.7 Å². The molecule has 0 aromatic rings. The Morgan fingerprint density at radius 1 is 1.30 bits per heavy atom. The van der Waals surface area contributed by atoms with Gasteiger partial charge in [-0.15, -0.1) is 0 Å². The minimum Gasteiger partial charge on any atom is -0.456 e. The van der Waals surface area contributed by atoms with E-state index in [1.807, 2.05) is 0 Å². The van der Waals surface area contributed by atoms with Crippen LogP contribution in [0.2, 0.25) is 0 Å². The van der Waals surface area contributed by atoms with Crippen molar-refractivity contribution in [1.82, 2.24) is 0 Å². The molecule has 10 heteroatoms. The maximum Gasteiger partial charge on any atom is 0.303 e. The zero-order valence-electron chi connectivity index (χ0n) is 13.3. The van der Waals surface area contributed by atoms with Crippen LogP contribution in [0.15, 0.2) is 5.11 Å². The maximum atomic E-state index is 11.5. The Morgan fingerprint density at radius 3 is 2.43 bits per heavy atom. The van der Waals surface area contributed by atoms with E-state index in [2.05, 4.69) is 10.0 Å². The van der Waals surface area contributed by atoms with Crippen LogP contribution < -0.4 is 0 Å². The van der Waals surface area contributed by atoms with Crippen LogP contribution in [0.3, 0.4) is 0 Å². The van der Waals surface area contributed by atoms with E-state index < -0.39 is 41.8 Å². The van der Waals surface area contributed by atoms with E-state index in [4.69, 9.17) is 29.2 Å². The molecule has 0 unspecified atom stereocenters. The van der Waals surface area contributed by atoms with E-state index in [9.17, 15) is 9.59 Å². The van der Waals surface area contributed by atoms with E-state index in [0.717, 1.165) is 0 Å². The summed E-state index contributed by atoms with van der Waals surface area (Å²) in [4.78, 5) is 25.5. The van der Waals surface area contributed by atoms with Crippen LogP contribution in [0.4, 0.5) is 0 Å². The Balaban J connectivity index is 2.35. The third-order valence-electron chi connectivity index (χ3n) is 3.41. The van der Waals surface area contributed by atoms with E-state index in [1.165, 1.54) is 13.8 Å². The van der Waals surface area contributed by atoms with Crippen LogP contribution in [-0.4, -0.2) is 55.0 Å². The van der Waals surface area contributed by atoms with Crippen molar-refractivity contribution in [2.24, 2.45) is 5.11 Å². The Bertz CT molecular complexity index is 546. The monoisotopic (exact) mass is 329 g/mol. The lowest BCUT2D eigenvalue weighted by Crippen LogP contribution is -2.49. The first-order valence-corrected chi connectivity index (χ1v) is 7.06. The van der Waals surface area contributed by atoms with Crippen molar-refractivity contribution in [2.75, 3.05) is 13.2 Å². The Morgan fingerprint density at radius 2 is 1.96 bits per heavy atom. The second kappa shape index (κ2) is 6.32. The quantitative estimate of drug-likeness (QED) is 0.326. The molecule has 2 heterocycles. The van der Waals surface area contributed by atoms with Gasteiger partial charge in [-0.2, -0.15) is 0 Å². The fourth-order valence-electron chi connectivity index (χ4n) is 2.71. The van der Waals surface area contributed by atoms with Crippen LogP contribution in [0, 0.1) is 0 Å². The molecule has 0 amide bonds. The molecule has 128 valence electrons. The SMILES string of the molecule is CC(=O)O[C@@H]1[C@@H](CN=[N+]=[N-])O[C@]2(COC(C)(C)O2)[C@H]1OC(C)=O. The second-order valence-corrected chi connectivity index (χ2v) is 5.78. The summed E-state index contributed by atoms with van der Waals surface area (Å²) in [5, 5.41) is 3.44. The standard InChI is InChI=1S/C13H19N3O7/c1-7(17)20-10-9(5-15-16-14)22-13(11(10)21-8(2)18)6-19-12(3,4)23-13/h9-11H,5-6H2,1-4H3/t9-,10-,11+,13+/m1/s1. The van der Waals surface area contributed by atoms with Crippen molar-refractivity contribution < 1.29 is 33.3 Å². The number of carbonyl (C=O) groups excluding carboxylic acids is 2. The first kappa shape index (κ1) is 17.5. The summed E-state index contributed by atoms with van der Waals surface area (Å²) in [6, 6.07) is 0. The summed E-state index contributed by atoms with van der Waals surface area (Å²) in [5.74, 6) is -3.57. The molecule has 0 aromatic heterocycles. The molecule has 2 fully saturated rings. The highest BCUT2D eigenvalue weighted by Gasteiger charge is 2.65. The summed E-state index contributed by atoms with van der Waals surface area (Å²) >= 11 is 0. The topological polar surface area (TPSA) is 129 Å². The lowest BCUT2D eigenvalue weighted by atomic mass is 10.0. The largest absolute Gasteiger partial charge is 0.456 e. The Hall–Kier alpha value is -1.87. The van der Waals surface area contributed by atoms with Crippen molar-refractivity contribution in [1.29, 1.82) is 0 Å². The molecule has 0 saturated carbocycles. The smallest absolute Gasteiger partial charge is 0.303 e. The van der Waals surface area contributed by atoms with Crippen LogP contribution in [0.25, 0.3) is 10.4 Å². The van der Waals surface area contributed by atoms with Gasteiger partial charge in [-0.05, 0) is 19.4 Å². The average molecular weight is 329 g/mol. The molecule has 10 nitrogen and oxygen atoms in total. The third-order valence-corrected chi connectivity index (χ3v) is 3.41. The number of esters is 2. The minimum absolute atomic E-state index is 0.0253. The van der Waals surface area contributed by atoms with Crippen LogP contribution >= 0.6 is 0 Å². The summed E-state index contributed by atoms with van der Waals surface area (Å²) in [7, 11) is 0. The molecule has 2 aliphatic rings. The number of ether oxygens (including phenoxy) is 5. The molecular formula is C13H19N3O7. The summed E-state index contributed by atoms with van der Waals surface area (Å²) in [6.45, 7) is 5.66. The molecular weight excluding hydrogens is 310 g/mol. The number of hydrogen-bond donors (Lipinski definition) is 0. The van der Waals surface area contributed by atoms with Gasteiger partial charge in [0.1, 0.15) is 12.7 Å². The molecule has 2 rings (SSSR count). The van der Waals surface area contributed by atoms with Gasteiger partial charge in [-0.3, -0.25) is 9.59 Å². The number of azide groups is 1. The van der Waals surface area contributed by atoms with Crippen molar-refractivity contribution >= 4 is 11.9 Å². The normalized spacial score (nSPS) is 34.9. The molecule has 4 atom stereocenters. The molecule has 0 bridgehead atoms. The molecule has 0 radical (unpaired) electrons. The predicted octanol–water partition coefficient (Wildman–Crippen LogP) is 1.04. The number of hydrogen-bond acceptors (Lipinski definition) is 8. The number of carbonyl (C=O) groups is 2. The molecule has 0 N–H and O–H groups in total. The van der Waals surface area contributed by atoms with Gasteiger partial charge in [-0.1, -0.05) is 5.11 Å².